The first-order valence-electron chi connectivity index (χ1n) is 7.50. The second kappa shape index (κ2) is 5.54. The van der Waals surface area contributed by atoms with Crippen molar-refractivity contribution in [2.75, 3.05) is 0 Å². The van der Waals surface area contributed by atoms with E-state index in [4.69, 9.17) is 4.52 Å². The van der Waals surface area contributed by atoms with E-state index in [0.717, 1.165) is 35.7 Å². The zero-order chi connectivity index (χ0) is 17.6. The molecule has 2 aromatic heterocycles. The van der Waals surface area contributed by atoms with Gasteiger partial charge in [-0.1, -0.05) is 5.16 Å². The lowest BCUT2D eigenvalue weighted by atomic mass is 9.99. The summed E-state index contributed by atoms with van der Waals surface area (Å²) in [6.07, 6.45) is 0.994. The fourth-order valence-corrected chi connectivity index (χ4v) is 2.63. The van der Waals surface area contributed by atoms with E-state index in [1.54, 1.807) is 0 Å². The van der Waals surface area contributed by atoms with Crippen molar-refractivity contribution in [2.24, 2.45) is 0 Å². The molecule has 1 aliphatic carbocycles. The second-order valence-corrected chi connectivity index (χ2v) is 5.78. The van der Waals surface area contributed by atoms with Crippen LogP contribution in [0.5, 0.6) is 0 Å². The van der Waals surface area contributed by atoms with Crippen LogP contribution in [0.2, 0.25) is 0 Å². The van der Waals surface area contributed by atoms with E-state index >= 15 is 0 Å². The summed E-state index contributed by atoms with van der Waals surface area (Å²) in [5.41, 5.74) is -0.533. The SMILES string of the molecule is O=C(c1ccc(C(F)(F)F)cc1-n1cncn1)c1cnoc1C1CC1. The van der Waals surface area contributed by atoms with Gasteiger partial charge in [0.05, 0.1) is 23.0 Å². The van der Waals surface area contributed by atoms with Crippen molar-refractivity contribution in [2.45, 2.75) is 24.9 Å². The van der Waals surface area contributed by atoms with Gasteiger partial charge < -0.3 is 4.52 Å². The van der Waals surface area contributed by atoms with Crippen molar-refractivity contribution in [3.05, 3.63) is 59.5 Å². The number of carbonyl (C=O) groups is 1. The summed E-state index contributed by atoms with van der Waals surface area (Å²) in [5.74, 6) is 0.169. The van der Waals surface area contributed by atoms with Crippen molar-refractivity contribution < 1.29 is 22.5 Å². The molecule has 0 unspecified atom stereocenters. The van der Waals surface area contributed by atoms with Crippen LogP contribution in [0.3, 0.4) is 0 Å². The first-order chi connectivity index (χ1) is 11.9. The number of hydrogen-bond donors (Lipinski definition) is 0. The molecule has 3 aromatic rings. The zero-order valence-corrected chi connectivity index (χ0v) is 12.7. The summed E-state index contributed by atoms with van der Waals surface area (Å²) in [6, 6.07) is 2.90. The van der Waals surface area contributed by atoms with Crippen molar-refractivity contribution in [1.82, 2.24) is 19.9 Å². The number of alkyl halides is 3. The van der Waals surface area contributed by atoms with E-state index in [2.05, 4.69) is 15.2 Å². The number of carbonyl (C=O) groups excluding carboxylic acids is 1. The molecule has 128 valence electrons. The van der Waals surface area contributed by atoms with Crippen LogP contribution in [0.15, 0.2) is 41.6 Å². The Labute approximate surface area is 139 Å². The fraction of sp³-hybridized carbons (Fsp3) is 0.250. The second-order valence-electron chi connectivity index (χ2n) is 5.78. The maximum atomic E-state index is 13.0. The van der Waals surface area contributed by atoms with Gasteiger partial charge in [0.15, 0.2) is 11.5 Å². The van der Waals surface area contributed by atoms with Crippen LogP contribution in [0.1, 0.15) is 46.0 Å². The Morgan fingerprint density at radius 2 is 2.04 bits per heavy atom. The molecule has 0 radical (unpaired) electrons. The smallest absolute Gasteiger partial charge is 0.360 e. The van der Waals surface area contributed by atoms with Crippen LogP contribution in [0.25, 0.3) is 5.69 Å². The summed E-state index contributed by atoms with van der Waals surface area (Å²) in [5, 5.41) is 7.52. The minimum atomic E-state index is -4.53. The maximum absolute atomic E-state index is 13.0. The Morgan fingerprint density at radius 1 is 1.24 bits per heavy atom. The molecular formula is C16H11F3N4O2. The number of benzene rings is 1. The van der Waals surface area contributed by atoms with Gasteiger partial charge in [0.2, 0.25) is 0 Å². The van der Waals surface area contributed by atoms with Gasteiger partial charge in [0.25, 0.3) is 0 Å². The maximum Gasteiger partial charge on any atom is 0.416 e. The molecule has 25 heavy (non-hydrogen) atoms. The van der Waals surface area contributed by atoms with Crippen LogP contribution >= 0.6 is 0 Å². The minimum absolute atomic E-state index is 0.000252. The third-order valence-corrected chi connectivity index (χ3v) is 4.03. The molecule has 0 N–H and O–H groups in total. The molecule has 0 aliphatic heterocycles. The molecule has 6 nitrogen and oxygen atoms in total. The van der Waals surface area contributed by atoms with Crippen molar-refractivity contribution in [3.8, 4) is 5.69 Å². The van der Waals surface area contributed by atoms with Crippen LogP contribution < -0.4 is 0 Å². The Kier molecular flexibility index (Phi) is 3.45. The Bertz CT molecular complexity index is 927. The lowest BCUT2D eigenvalue weighted by molar-refractivity contribution is -0.137. The average molecular weight is 348 g/mol. The predicted octanol–water partition coefficient (Wildman–Crippen LogP) is 3.38. The average Bonchev–Trinajstić information content (AvgIpc) is 3.10. The quantitative estimate of drug-likeness (QED) is 0.676. The number of halogens is 3. The van der Waals surface area contributed by atoms with Gasteiger partial charge in [-0.3, -0.25) is 4.79 Å². The summed E-state index contributed by atoms with van der Waals surface area (Å²) >= 11 is 0. The normalized spacial score (nSPS) is 14.7. The van der Waals surface area contributed by atoms with Gasteiger partial charge in [-0.25, -0.2) is 9.67 Å². The number of aromatic nitrogens is 4. The van der Waals surface area contributed by atoms with Crippen molar-refractivity contribution >= 4 is 5.78 Å². The molecule has 1 aromatic carbocycles. The predicted molar refractivity (Wildman–Crippen MR) is 78.3 cm³/mol. The molecule has 1 aliphatic rings. The fourth-order valence-electron chi connectivity index (χ4n) is 2.63. The van der Waals surface area contributed by atoms with Crippen LogP contribution in [0, 0.1) is 0 Å². The van der Waals surface area contributed by atoms with Gasteiger partial charge in [-0.05, 0) is 31.0 Å². The van der Waals surface area contributed by atoms with Crippen molar-refractivity contribution in [3.63, 3.8) is 0 Å². The summed E-state index contributed by atoms with van der Waals surface area (Å²) < 4.78 is 45.4. The van der Waals surface area contributed by atoms with E-state index in [-0.39, 0.29) is 22.7 Å². The molecular weight excluding hydrogens is 337 g/mol. The lowest BCUT2D eigenvalue weighted by Crippen LogP contribution is -2.12. The van der Waals surface area contributed by atoms with E-state index in [9.17, 15) is 18.0 Å². The number of nitrogens with zero attached hydrogens (tertiary/aromatic N) is 4. The van der Waals surface area contributed by atoms with Gasteiger partial charge in [-0.2, -0.15) is 18.3 Å². The molecule has 9 heteroatoms. The van der Waals surface area contributed by atoms with Gasteiger partial charge in [-0.15, -0.1) is 0 Å². The van der Waals surface area contributed by atoms with E-state index in [1.165, 1.54) is 18.9 Å². The van der Waals surface area contributed by atoms with Gasteiger partial charge >= 0.3 is 6.18 Å². The third kappa shape index (κ3) is 2.81. The molecule has 0 bridgehead atoms. The highest BCUT2D eigenvalue weighted by molar-refractivity contribution is 6.11. The van der Waals surface area contributed by atoms with Crippen LogP contribution in [0.4, 0.5) is 13.2 Å². The van der Waals surface area contributed by atoms with Crippen LogP contribution in [-0.2, 0) is 6.18 Å². The van der Waals surface area contributed by atoms with E-state index in [1.807, 2.05) is 0 Å². The largest absolute Gasteiger partial charge is 0.416 e. The highest BCUT2D eigenvalue weighted by atomic mass is 19.4. The molecule has 0 spiro atoms. The number of hydrogen-bond acceptors (Lipinski definition) is 5. The molecule has 0 saturated heterocycles. The minimum Gasteiger partial charge on any atom is -0.360 e. The Morgan fingerprint density at radius 3 is 2.68 bits per heavy atom. The zero-order valence-electron chi connectivity index (χ0n) is 12.7. The van der Waals surface area contributed by atoms with Gasteiger partial charge in [0, 0.05) is 11.5 Å². The highest BCUT2D eigenvalue weighted by Crippen LogP contribution is 2.42. The van der Waals surface area contributed by atoms with E-state index in [0.29, 0.717) is 5.76 Å². The van der Waals surface area contributed by atoms with E-state index < -0.39 is 17.5 Å². The summed E-state index contributed by atoms with van der Waals surface area (Å²) in [4.78, 5) is 16.6. The molecule has 2 heterocycles. The van der Waals surface area contributed by atoms with Crippen molar-refractivity contribution in [1.29, 1.82) is 0 Å². The molecule has 0 amide bonds. The molecule has 4 rings (SSSR count). The standard InChI is InChI=1S/C16H11F3N4O2/c17-16(18,19)10-3-4-11(13(5-10)23-8-20-7-21-23)14(24)12-6-22-25-15(12)9-1-2-9/h3-9H,1-2H2. The topological polar surface area (TPSA) is 73.8 Å². The summed E-state index contributed by atoms with van der Waals surface area (Å²) in [6.45, 7) is 0. The lowest BCUT2D eigenvalue weighted by Gasteiger charge is -2.12. The third-order valence-electron chi connectivity index (χ3n) is 4.03. The highest BCUT2D eigenvalue weighted by Gasteiger charge is 2.35. The first-order valence-corrected chi connectivity index (χ1v) is 7.50. The summed E-state index contributed by atoms with van der Waals surface area (Å²) in [7, 11) is 0. The Hall–Kier alpha value is -2.97. The monoisotopic (exact) mass is 348 g/mol. The Balaban J connectivity index is 1.83. The van der Waals surface area contributed by atoms with Gasteiger partial charge in [0.1, 0.15) is 12.7 Å². The molecule has 0 atom stereocenters. The molecule has 1 saturated carbocycles. The first kappa shape index (κ1) is 15.6. The number of rotatable bonds is 4. The van der Waals surface area contributed by atoms with Crippen LogP contribution in [-0.4, -0.2) is 25.7 Å². The number of ketones is 1. The molecule has 1 fully saturated rings.